The largest absolute Gasteiger partial charge is 0.493 e. The first-order valence-corrected chi connectivity index (χ1v) is 9.30. The molecule has 0 heterocycles. The fourth-order valence-electron chi connectivity index (χ4n) is 3.71. The van der Waals surface area contributed by atoms with Gasteiger partial charge >= 0.3 is 0 Å². The van der Waals surface area contributed by atoms with E-state index in [0.717, 1.165) is 11.3 Å². The number of aryl methyl sites for hydroxylation is 2. The number of hydrogen-bond donors (Lipinski definition) is 1. The molecule has 1 N–H and O–H groups in total. The van der Waals surface area contributed by atoms with Gasteiger partial charge in [0, 0.05) is 18.2 Å². The Hall–Kier alpha value is -2.20. The van der Waals surface area contributed by atoms with Crippen LogP contribution in [-0.2, 0) is 19.4 Å². The molecule has 0 aliphatic heterocycles. The van der Waals surface area contributed by atoms with E-state index in [1.807, 2.05) is 12.1 Å². The van der Waals surface area contributed by atoms with Gasteiger partial charge in [-0.2, -0.15) is 0 Å². The summed E-state index contributed by atoms with van der Waals surface area (Å²) in [6, 6.07) is 11.1. The Balaban J connectivity index is 1.74. The molecule has 2 aromatic carbocycles. The molecule has 1 aliphatic rings. The van der Waals surface area contributed by atoms with E-state index in [1.54, 1.807) is 21.3 Å². The lowest BCUT2D eigenvalue weighted by Gasteiger charge is -2.21. The van der Waals surface area contributed by atoms with Crippen LogP contribution >= 0.6 is 0 Å². The zero-order chi connectivity index (χ0) is 18.5. The zero-order valence-electron chi connectivity index (χ0n) is 16.2. The normalized spacial score (nSPS) is 14.5. The smallest absolute Gasteiger partial charge is 0.203 e. The zero-order valence-corrected chi connectivity index (χ0v) is 16.2. The molecule has 4 heteroatoms. The molecule has 0 radical (unpaired) electrons. The summed E-state index contributed by atoms with van der Waals surface area (Å²) in [5.74, 6) is 2.03. The van der Waals surface area contributed by atoms with Gasteiger partial charge in [0.2, 0.25) is 5.75 Å². The van der Waals surface area contributed by atoms with Crippen LogP contribution in [0.4, 0.5) is 0 Å². The number of ether oxygens (including phenoxy) is 3. The van der Waals surface area contributed by atoms with Gasteiger partial charge in [0.05, 0.1) is 21.3 Å². The van der Waals surface area contributed by atoms with Crippen LogP contribution in [0.25, 0.3) is 0 Å². The average molecular weight is 355 g/mol. The summed E-state index contributed by atoms with van der Waals surface area (Å²) in [5, 5.41) is 3.61. The van der Waals surface area contributed by atoms with E-state index in [9.17, 15) is 0 Å². The van der Waals surface area contributed by atoms with E-state index in [1.165, 1.54) is 42.4 Å². The van der Waals surface area contributed by atoms with Crippen molar-refractivity contribution in [3.63, 3.8) is 0 Å². The maximum absolute atomic E-state index is 5.58. The lowest BCUT2D eigenvalue weighted by Crippen LogP contribution is -2.19. The molecule has 0 bridgehead atoms. The van der Waals surface area contributed by atoms with Gasteiger partial charge in [-0.1, -0.05) is 24.3 Å². The quantitative estimate of drug-likeness (QED) is 0.797. The van der Waals surface area contributed by atoms with E-state index in [-0.39, 0.29) is 6.04 Å². The number of rotatable bonds is 7. The average Bonchev–Trinajstić information content (AvgIpc) is 2.70. The van der Waals surface area contributed by atoms with E-state index >= 15 is 0 Å². The highest BCUT2D eigenvalue weighted by atomic mass is 16.5. The third-order valence-corrected chi connectivity index (χ3v) is 5.26. The molecule has 0 fully saturated rings. The highest BCUT2D eigenvalue weighted by Gasteiger charge is 2.17. The van der Waals surface area contributed by atoms with Crippen molar-refractivity contribution in [3.8, 4) is 17.2 Å². The molecule has 0 amide bonds. The molecule has 140 valence electrons. The first kappa shape index (κ1) is 18.6. The molecule has 0 aromatic heterocycles. The molecule has 0 saturated carbocycles. The van der Waals surface area contributed by atoms with Gasteiger partial charge in [0.1, 0.15) is 0 Å². The Morgan fingerprint density at radius 2 is 1.62 bits per heavy atom. The van der Waals surface area contributed by atoms with Crippen LogP contribution in [0.3, 0.4) is 0 Å². The molecule has 1 unspecified atom stereocenters. The van der Waals surface area contributed by atoms with Crippen molar-refractivity contribution >= 4 is 0 Å². The Morgan fingerprint density at radius 1 is 0.885 bits per heavy atom. The van der Waals surface area contributed by atoms with Crippen LogP contribution in [0.5, 0.6) is 17.2 Å². The Kier molecular flexibility index (Phi) is 6.04. The SMILES string of the molecule is COc1ccc(CNC(C)c2ccc3c(c2)CCCC3)c(OC)c1OC. The van der Waals surface area contributed by atoms with E-state index in [0.29, 0.717) is 18.0 Å². The fraction of sp³-hybridized carbons (Fsp3) is 0.455. The summed E-state index contributed by atoms with van der Waals surface area (Å²) < 4.78 is 16.4. The third kappa shape index (κ3) is 3.80. The fourth-order valence-corrected chi connectivity index (χ4v) is 3.71. The summed E-state index contributed by atoms with van der Waals surface area (Å²) in [6.45, 7) is 2.90. The summed E-state index contributed by atoms with van der Waals surface area (Å²) in [5.41, 5.74) is 5.43. The second-order valence-corrected chi connectivity index (χ2v) is 6.83. The Morgan fingerprint density at radius 3 is 2.31 bits per heavy atom. The minimum atomic E-state index is 0.264. The highest BCUT2D eigenvalue weighted by molar-refractivity contribution is 5.55. The topological polar surface area (TPSA) is 39.7 Å². The van der Waals surface area contributed by atoms with Gasteiger partial charge in [-0.3, -0.25) is 0 Å². The summed E-state index contributed by atoms with van der Waals surface area (Å²) in [7, 11) is 4.93. The molecular formula is C22H29NO3. The number of hydrogen-bond acceptors (Lipinski definition) is 4. The maximum atomic E-state index is 5.58. The van der Waals surface area contributed by atoms with E-state index in [4.69, 9.17) is 14.2 Å². The van der Waals surface area contributed by atoms with Crippen molar-refractivity contribution in [2.75, 3.05) is 21.3 Å². The van der Waals surface area contributed by atoms with Gasteiger partial charge < -0.3 is 19.5 Å². The highest BCUT2D eigenvalue weighted by Crippen LogP contribution is 2.39. The molecule has 26 heavy (non-hydrogen) atoms. The number of benzene rings is 2. The predicted octanol–water partition coefficient (Wildman–Crippen LogP) is 4.44. The third-order valence-electron chi connectivity index (χ3n) is 5.26. The maximum Gasteiger partial charge on any atom is 0.203 e. The standard InChI is InChI=1S/C22H29NO3/c1-15(17-10-9-16-7-5-6-8-18(16)13-17)23-14-19-11-12-20(24-2)22(26-4)21(19)25-3/h9-13,15,23H,5-8,14H2,1-4H3. The van der Waals surface area contributed by atoms with Crippen LogP contribution in [-0.4, -0.2) is 21.3 Å². The van der Waals surface area contributed by atoms with Gasteiger partial charge in [-0.05, 0) is 55.4 Å². The van der Waals surface area contributed by atoms with Crippen LogP contribution in [0.2, 0.25) is 0 Å². The summed E-state index contributed by atoms with van der Waals surface area (Å²) in [4.78, 5) is 0. The van der Waals surface area contributed by atoms with Crippen LogP contribution in [0, 0.1) is 0 Å². The van der Waals surface area contributed by atoms with Gasteiger partial charge in [-0.25, -0.2) is 0 Å². The molecular weight excluding hydrogens is 326 g/mol. The molecule has 0 saturated heterocycles. The molecule has 1 atom stereocenters. The van der Waals surface area contributed by atoms with Crippen molar-refractivity contribution in [3.05, 3.63) is 52.6 Å². The molecule has 3 rings (SSSR count). The van der Waals surface area contributed by atoms with Crippen LogP contribution in [0.1, 0.15) is 48.1 Å². The van der Waals surface area contributed by atoms with Crippen LogP contribution < -0.4 is 19.5 Å². The van der Waals surface area contributed by atoms with Crippen molar-refractivity contribution in [2.45, 2.75) is 45.2 Å². The minimum Gasteiger partial charge on any atom is -0.493 e. The van der Waals surface area contributed by atoms with Crippen molar-refractivity contribution in [1.29, 1.82) is 0 Å². The van der Waals surface area contributed by atoms with Gasteiger partial charge in [-0.15, -0.1) is 0 Å². The lowest BCUT2D eigenvalue weighted by atomic mass is 9.89. The first-order chi connectivity index (χ1) is 12.7. The van der Waals surface area contributed by atoms with Gasteiger partial charge in [0.15, 0.2) is 11.5 Å². The minimum absolute atomic E-state index is 0.264. The van der Waals surface area contributed by atoms with Crippen molar-refractivity contribution < 1.29 is 14.2 Å². The van der Waals surface area contributed by atoms with Crippen molar-refractivity contribution in [2.24, 2.45) is 0 Å². The van der Waals surface area contributed by atoms with E-state index < -0.39 is 0 Å². The summed E-state index contributed by atoms with van der Waals surface area (Å²) >= 11 is 0. The molecule has 0 spiro atoms. The van der Waals surface area contributed by atoms with E-state index in [2.05, 4.69) is 30.4 Å². The predicted molar refractivity (Wildman–Crippen MR) is 104 cm³/mol. The van der Waals surface area contributed by atoms with Gasteiger partial charge in [0.25, 0.3) is 0 Å². The van der Waals surface area contributed by atoms with Crippen molar-refractivity contribution in [1.82, 2.24) is 5.32 Å². The van der Waals surface area contributed by atoms with Crippen LogP contribution in [0.15, 0.2) is 30.3 Å². The molecule has 2 aromatic rings. The first-order valence-electron chi connectivity index (χ1n) is 9.30. The number of fused-ring (bicyclic) bond motifs is 1. The second-order valence-electron chi connectivity index (χ2n) is 6.83. The Labute approximate surface area is 156 Å². The Bertz CT molecular complexity index is 757. The monoisotopic (exact) mass is 355 g/mol. The lowest BCUT2D eigenvalue weighted by molar-refractivity contribution is 0.321. The summed E-state index contributed by atoms with van der Waals surface area (Å²) in [6.07, 6.45) is 5.06. The molecule has 1 aliphatic carbocycles. The molecule has 4 nitrogen and oxygen atoms in total. The second kappa shape index (κ2) is 8.45. The number of methoxy groups -OCH3 is 3. The number of nitrogens with one attached hydrogen (secondary N) is 1.